The van der Waals surface area contributed by atoms with Crippen molar-refractivity contribution < 1.29 is 14.3 Å². The molecule has 2 saturated heterocycles. The quantitative estimate of drug-likeness (QED) is 0.753. The van der Waals surface area contributed by atoms with Crippen LogP contribution in [0.15, 0.2) is 24.3 Å². The molecule has 2 aliphatic heterocycles. The van der Waals surface area contributed by atoms with Crippen molar-refractivity contribution in [2.45, 2.75) is 39.2 Å². The van der Waals surface area contributed by atoms with Gasteiger partial charge in [-0.1, -0.05) is 19.1 Å². The first-order valence-electron chi connectivity index (χ1n) is 10.5. The third kappa shape index (κ3) is 4.32. The van der Waals surface area contributed by atoms with E-state index >= 15 is 0 Å². The molecule has 2 fully saturated rings. The summed E-state index contributed by atoms with van der Waals surface area (Å²) in [7, 11) is 1.64. The van der Waals surface area contributed by atoms with E-state index in [1.54, 1.807) is 7.11 Å². The second-order valence-corrected chi connectivity index (χ2v) is 7.71. The third-order valence-corrected chi connectivity index (χ3v) is 6.05. The number of nitrogens with zero attached hydrogens (tertiary/aromatic N) is 3. The van der Waals surface area contributed by atoms with E-state index in [2.05, 4.69) is 11.8 Å². The summed E-state index contributed by atoms with van der Waals surface area (Å²) in [4.78, 5) is 32.3. The van der Waals surface area contributed by atoms with Crippen molar-refractivity contribution in [3.05, 3.63) is 29.8 Å². The number of carbonyl (C=O) groups is 2. The maximum absolute atomic E-state index is 13.4. The Balaban J connectivity index is 1.80. The first-order chi connectivity index (χ1) is 13.6. The van der Waals surface area contributed by atoms with Gasteiger partial charge in [0.05, 0.1) is 19.1 Å². The molecule has 0 aliphatic carbocycles. The van der Waals surface area contributed by atoms with Gasteiger partial charge in [0.25, 0.3) is 0 Å². The monoisotopic (exact) mass is 387 g/mol. The Labute approximate surface area is 168 Å². The van der Waals surface area contributed by atoms with Crippen LogP contribution in [0.1, 0.15) is 44.7 Å². The van der Waals surface area contributed by atoms with Crippen molar-refractivity contribution in [1.29, 1.82) is 0 Å². The van der Waals surface area contributed by atoms with Gasteiger partial charge in [0, 0.05) is 39.1 Å². The second-order valence-electron chi connectivity index (χ2n) is 7.71. The lowest BCUT2D eigenvalue weighted by Gasteiger charge is -2.43. The molecule has 154 valence electrons. The molecule has 0 aromatic heterocycles. The van der Waals surface area contributed by atoms with Crippen LogP contribution in [-0.4, -0.2) is 72.9 Å². The maximum Gasteiger partial charge on any atom is 0.228 e. The van der Waals surface area contributed by atoms with E-state index in [1.807, 2.05) is 41.0 Å². The molecule has 0 radical (unpaired) electrons. The van der Waals surface area contributed by atoms with Crippen LogP contribution in [0, 0.1) is 5.92 Å². The second kappa shape index (κ2) is 9.41. The zero-order valence-corrected chi connectivity index (χ0v) is 17.4. The summed E-state index contributed by atoms with van der Waals surface area (Å²) < 4.78 is 5.27. The lowest BCUT2D eigenvalue weighted by molar-refractivity contribution is -0.148. The Morgan fingerprint density at radius 1 is 1.11 bits per heavy atom. The summed E-state index contributed by atoms with van der Waals surface area (Å²) in [5.74, 6) is 0.940. The van der Waals surface area contributed by atoms with Gasteiger partial charge in [-0.05, 0) is 44.0 Å². The van der Waals surface area contributed by atoms with Crippen LogP contribution < -0.4 is 4.74 Å². The standard InChI is InChI=1S/C22H33N3O3/c1-4-12-23-13-15-24(16-14-23)22(27)19-10-11-20(26)25(5-2)21(19)17-6-8-18(28-3)9-7-17/h6-9,19,21H,4-5,10-16H2,1-3H3/t19-,21+/m1/s1. The van der Waals surface area contributed by atoms with Gasteiger partial charge in [-0.2, -0.15) is 0 Å². The summed E-state index contributed by atoms with van der Waals surface area (Å²) >= 11 is 0. The molecule has 6 heteroatoms. The Morgan fingerprint density at radius 2 is 1.79 bits per heavy atom. The van der Waals surface area contributed by atoms with E-state index in [9.17, 15) is 9.59 Å². The minimum absolute atomic E-state index is 0.139. The molecule has 2 amide bonds. The number of carbonyl (C=O) groups excluding carboxylic acids is 2. The summed E-state index contributed by atoms with van der Waals surface area (Å²) in [6.45, 7) is 9.34. The van der Waals surface area contributed by atoms with Crippen molar-refractivity contribution >= 4 is 11.8 Å². The van der Waals surface area contributed by atoms with Gasteiger partial charge >= 0.3 is 0 Å². The zero-order valence-electron chi connectivity index (χ0n) is 17.4. The molecule has 1 aromatic rings. The molecule has 0 bridgehead atoms. The average Bonchev–Trinajstić information content (AvgIpc) is 2.74. The minimum Gasteiger partial charge on any atom is -0.497 e. The number of hydrogen-bond donors (Lipinski definition) is 0. The highest BCUT2D eigenvalue weighted by Gasteiger charge is 2.41. The average molecular weight is 388 g/mol. The molecule has 1 aromatic carbocycles. The number of piperazine rings is 1. The smallest absolute Gasteiger partial charge is 0.228 e. The summed E-state index contributed by atoms with van der Waals surface area (Å²) in [5, 5.41) is 0. The van der Waals surface area contributed by atoms with Crippen LogP contribution in [-0.2, 0) is 9.59 Å². The SMILES string of the molecule is CCCN1CCN(C(=O)[C@@H]2CCC(=O)N(CC)[C@H]2c2ccc(OC)cc2)CC1. The number of likely N-dealkylation sites (tertiary alicyclic amines) is 1. The van der Waals surface area contributed by atoms with Crippen LogP contribution in [0.2, 0.25) is 0 Å². The first kappa shape index (κ1) is 20.6. The van der Waals surface area contributed by atoms with Crippen LogP contribution in [0.25, 0.3) is 0 Å². The van der Waals surface area contributed by atoms with Gasteiger partial charge in [-0.15, -0.1) is 0 Å². The van der Waals surface area contributed by atoms with E-state index in [-0.39, 0.29) is 23.8 Å². The van der Waals surface area contributed by atoms with Crippen molar-refractivity contribution in [2.75, 3.05) is 46.4 Å². The number of rotatable bonds is 6. The topological polar surface area (TPSA) is 53.1 Å². The molecule has 2 heterocycles. The Bertz CT molecular complexity index is 668. The van der Waals surface area contributed by atoms with Crippen molar-refractivity contribution in [1.82, 2.24) is 14.7 Å². The number of hydrogen-bond acceptors (Lipinski definition) is 4. The largest absolute Gasteiger partial charge is 0.497 e. The molecule has 0 saturated carbocycles. The third-order valence-electron chi connectivity index (χ3n) is 6.05. The summed E-state index contributed by atoms with van der Waals surface area (Å²) in [6, 6.07) is 7.60. The number of amides is 2. The Kier molecular flexibility index (Phi) is 6.94. The van der Waals surface area contributed by atoms with Crippen LogP contribution in [0.3, 0.4) is 0 Å². The van der Waals surface area contributed by atoms with E-state index in [0.717, 1.165) is 50.5 Å². The summed E-state index contributed by atoms with van der Waals surface area (Å²) in [6.07, 6.45) is 2.22. The maximum atomic E-state index is 13.4. The fourth-order valence-electron chi connectivity index (χ4n) is 4.54. The van der Waals surface area contributed by atoms with Crippen molar-refractivity contribution in [2.24, 2.45) is 5.92 Å². The van der Waals surface area contributed by atoms with E-state index in [0.29, 0.717) is 19.4 Å². The number of methoxy groups -OCH3 is 1. The molecule has 2 aliphatic rings. The molecule has 0 N–H and O–H groups in total. The fraction of sp³-hybridized carbons (Fsp3) is 0.636. The highest BCUT2D eigenvalue weighted by Crippen LogP contribution is 2.38. The van der Waals surface area contributed by atoms with Gasteiger partial charge in [-0.3, -0.25) is 14.5 Å². The Morgan fingerprint density at radius 3 is 2.36 bits per heavy atom. The molecule has 3 rings (SSSR count). The highest BCUT2D eigenvalue weighted by atomic mass is 16.5. The van der Waals surface area contributed by atoms with Crippen LogP contribution in [0.5, 0.6) is 5.75 Å². The van der Waals surface area contributed by atoms with E-state index in [4.69, 9.17) is 4.74 Å². The van der Waals surface area contributed by atoms with Gasteiger partial charge in [0.2, 0.25) is 11.8 Å². The number of ether oxygens (including phenoxy) is 1. The number of piperidine rings is 1. The Hall–Kier alpha value is -2.08. The lowest BCUT2D eigenvalue weighted by Crippen LogP contribution is -2.54. The molecular weight excluding hydrogens is 354 g/mol. The lowest BCUT2D eigenvalue weighted by atomic mass is 9.83. The normalized spacial score (nSPS) is 23.8. The van der Waals surface area contributed by atoms with Crippen molar-refractivity contribution in [3.8, 4) is 5.75 Å². The van der Waals surface area contributed by atoms with E-state index in [1.165, 1.54) is 0 Å². The van der Waals surface area contributed by atoms with E-state index < -0.39 is 0 Å². The zero-order chi connectivity index (χ0) is 20.1. The van der Waals surface area contributed by atoms with Crippen LogP contribution in [0.4, 0.5) is 0 Å². The fourth-order valence-corrected chi connectivity index (χ4v) is 4.54. The van der Waals surface area contributed by atoms with Gasteiger partial charge in [-0.25, -0.2) is 0 Å². The minimum atomic E-state index is -0.196. The van der Waals surface area contributed by atoms with Crippen molar-refractivity contribution in [3.63, 3.8) is 0 Å². The number of benzene rings is 1. The molecule has 0 spiro atoms. The van der Waals surface area contributed by atoms with Gasteiger partial charge < -0.3 is 14.5 Å². The predicted molar refractivity (Wildman–Crippen MR) is 109 cm³/mol. The molecule has 0 unspecified atom stereocenters. The van der Waals surface area contributed by atoms with Gasteiger partial charge in [0.15, 0.2) is 0 Å². The summed E-state index contributed by atoms with van der Waals surface area (Å²) in [5.41, 5.74) is 1.01. The van der Waals surface area contributed by atoms with Gasteiger partial charge in [0.1, 0.15) is 5.75 Å². The molecule has 28 heavy (non-hydrogen) atoms. The van der Waals surface area contributed by atoms with Crippen LogP contribution >= 0.6 is 0 Å². The first-order valence-corrected chi connectivity index (χ1v) is 10.5. The predicted octanol–water partition coefficient (Wildman–Crippen LogP) is 2.55. The molecule has 6 nitrogen and oxygen atoms in total. The molecule has 2 atom stereocenters. The molecular formula is C22H33N3O3. The highest BCUT2D eigenvalue weighted by molar-refractivity contribution is 5.85.